The van der Waals surface area contributed by atoms with Gasteiger partial charge < -0.3 is 15.0 Å². The molecule has 1 saturated heterocycles. The maximum atomic E-state index is 12.9. The van der Waals surface area contributed by atoms with Gasteiger partial charge in [0.05, 0.1) is 6.61 Å². The molecule has 1 N–H and O–H groups in total. The highest BCUT2D eigenvalue weighted by atomic mass is 19.1. The van der Waals surface area contributed by atoms with E-state index < -0.39 is 0 Å². The summed E-state index contributed by atoms with van der Waals surface area (Å²) < 4.78 is 18.4. The molecule has 3 rings (SSSR count). The molecule has 5 heteroatoms. The smallest absolute Gasteiger partial charge is 0.253 e. The Morgan fingerprint density at radius 1 is 1.33 bits per heavy atom. The lowest BCUT2D eigenvalue weighted by Gasteiger charge is -2.31. The van der Waals surface area contributed by atoms with Crippen molar-refractivity contribution in [3.63, 3.8) is 0 Å². The molecular weight excluding hydrogens is 271 g/mol. The molecule has 1 aromatic carbocycles. The van der Waals surface area contributed by atoms with Gasteiger partial charge in [-0.1, -0.05) is 18.2 Å². The first-order valence-corrected chi connectivity index (χ1v) is 7.30. The van der Waals surface area contributed by atoms with Crippen LogP contribution in [-0.4, -0.2) is 49.7 Å². The summed E-state index contributed by atoms with van der Waals surface area (Å²) in [6.45, 7) is 3.25. The molecule has 21 heavy (non-hydrogen) atoms. The van der Waals surface area contributed by atoms with Crippen LogP contribution in [-0.2, 0) is 9.53 Å². The molecular formula is C16H19FN2O2. The molecule has 0 saturated carbocycles. The predicted octanol–water partition coefficient (Wildman–Crippen LogP) is 1.43. The summed E-state index contributed by atoms with van der Waals surface area (Å²) in [5.74, 6) is -0.175. The number of rotatable bonds is 2. The third-order valence-electron chi connectivity index (χ3n) is 3.94. The zero-order valence-electron chi connectivity index (χ0n) is 11.8. The minimum atomic E-state index is -0.362. The fraction of sp³-hybridized carbons (Fsp3) is 0.438. The second kappa shape index (κ2) is 6.37. The number of nitrogens with one attached hydrogen (secondary N) is 1. The fourth-order valence-electron chi connectivity index (χ4n) is 2.72. The Labute approximate surface area is 123 Å². The minimum absolute atomic E-state index is 0.0524. The SMILES string of the molecule is O=C(C1CNCCO1)N1CC=C(c2ccc(F)cc2)CC1. The highest BCUT2D eigenvalue weighted by Crippen LogP contribution is 2.23. The van der Waals surface area contributed by atoms with Crippen LogP contribution in [0.1, 0.15) is 12.0 Å². The van der Waals surface area contributed by atoms with Crippen molar-refractivity contribution >= 4 is 11.5 Å². The lowest BCUT2D eigenvalue weighted by molar-refractivity contribution is -0.144. The van der Waals surface area contributed by atoms with Gasteiger partial charge in [0.15, 0.2) is 0 Å². The molecule has 2 aliphatic rings. The molecule has 0 spiro atoms. The zero-order chi connectivity index (χ0) is 14.7. The van der Waals surface area contributed by atoms with Crippen LogP contribution in [0, 0.1) is 5.82 Å². The van der Waals surface area contributed by atoms with E-state index in [4.69, 9.17) is 4.74 Å². The Kier molecular flexibility index (Phi) is 4.31. The van der Waals surface area contributed by atoms with Gasteiger partial charge in [-0.05, 0) is 29.7 Å². The van der Waals surface area contributed by atoms with Crippen molar-refractivity contribution in [1.29, 1.82) is 0 Å². The van der Waals surface area contributed by atoms with Crippen LogP contribution in [0.5, 0.6) is 0 Å². The van der Waals surface area contributed by atoms with E-state index in [-0.39, 0.29) is 17.8 Å². The predicted molar refractivity (Wildman–Crippen MR) is 78.2 cm³/mol. The van der Waals surface area contributed by atoms with E-state index in [2.05, 4.69) is 5.32 Å². The van der Waals surface area contributed by atoms with Crippen LogP contribution in [0.2, 0.25) is 0 Å². The number of carbonyl (C=O) groups excluding carboxylic acids is 1. The number of halogens is 1. The van der Waals surface area contributed by atoms with E-state index in [1.165, 1.54) is 17.7 Å². The van der Waals surface area contributed by atoms with Crippen molar-refractivity contribution < 1.29 is 13.9 Å². The minimum Gasteiger partial charge on any atom is -0.366 e. The van der Waals surface area contributed by atoms with E-state index >= 15 is 0 Å². The van der Waals surface area contributed by atoms with Crippen LogP contribution < -0.4 is 5.32 Å². The number of ether oxygens (including phenoxy) is 1. The van der Waals surface area contributed by atoms with E-state index in [1.807, 2.05) is 11.0 Å². The van der Waals surface area contributed by atoms with Gasteiger partial charge in [-0.25, -0.2) is 4.39 Å². The molecule has 1 aromatic rings. The number of nitrogens with zero attached hydrogens (tertiary/aromatic N) is 1. The molecule has 2 heterocycles. The van der Waals surface area contributed by atoms with Crippen LogP contribution in [0.25, 0.3) is 5.57 Å². The molecule has 0 aliphatic carbocycles. The van der Waals surface area contributed by atoms with Crippen molar-refractivity contribution in [1.82, 2.24) is 10.2 Å². The number of carbonyl (C=O) groups is 1. The third kappa shape index (κ3) is 3.31. The van der Waals surface area contributed by atoms with Gasteiger partial charge >= 0.3 is 0 Å². The first-order chi connectivity index (χ1) is 10.2. The normalized spacial score (nSPS) is 22.8. The second-order valence-corrected chi connectivity index (χ2v) is 5.33. The Morgan fingerprint density at radius 3 is 2.76 bits per heavy atom. The Balaban J connectivity index is 1.63. The molecule has 2 aliphatic heterocycles. The first kappa shape index (κ1) is 14.2. The molecule has 1 atom stereocenters. The van der Waals surface area contributed by atoms with Gasteiger partial charge in [-0.2, -0.15) is 0 Å². The lowest BCUT2D eigenvalue weighted by atomic mass is 9.99. The van der Waals surface area contributed by atoms with Gasteiger partial charge in [0.1, 0.15) is 11.9 Å². The van der Waals surface area contributed by atoms with Gasteiger partial charge in [0.25, 0.3) is 5.91 Å². The summed E-state index contributed by atoms with van der Waals surface area (Å²) in [7, 11) is 0. The number of hydrogen-bond donors (Lipinski definition) is 1. The van der Waals surface area contributed by atoms with Crippen molar-refractivity contribution in [2.24, 2.45) is 0 Å². The van der Waals surface area contributed by atoms with E-state index in [1.54, 1.807) is 12.1 Å². The average molecular weight is 290 g/mol. The molecule has 1 unspecified atom stereocenters. The quantitative estimate of drug-likeness (QED) is 0.896. The molecule has 0 aromatic heterocycles. The third-order valence-corrected chi connectivity index (χ3v) is 3.94. The van der Waals surface area contributed by atoms with Gasteiger partial charge in [0.2, 0.25) is 0 Å². The lowest BCUT2D eigenvalue weighted by Crippen LogP contribution is -2.50. The summed E-state index contributed by atoms with van der Waals surface area (Å²) in [6.07, 6.45) is 2.47. The van der Waals surface area contributed by atoms with Crippen molar-refractivity contribution in [2.75, 3.05) is 32.8 Å². The summed E-state index contributed by atoms with van der Waals surface area (Å²) >= 11 is 0. The maximum absolute atomic E-state index is 12.9. The largest absolute Gasteiger partial charge is 0.366 e. The molecule has 4 nitrogen and oxygen atoms in total. The highest BCUT2D eigenvalue weighted by Gasteiger charge is 2.27. The van der Waals surface area contributed by atoms with E-state index in [0.717, 1.165) is 18.5 Å². The zero-order valence-corrected chi connectivity index (χ0v) is 11.8. The number of morpholine rings is 1. The second-order valence-electron chi connectivity index (χ2n) is 5.33. The van der Waals surface area contributed by atoms with E-state index in [0.29, 0.717) is 26.2 Å². The van der Waals surface area contributed by atoms with Crippen LogP contribution >= 0.6 is 0 Å². The van der Waals surface area contributed by atoms with Crippen LogP contribution in [0.4, 0.5) is 4.39 Å². The standard InChI is InChI=1S/C16H19FN2O2/c17-14-3-1-12(2-4-14)13-5-8-19(9-6-13)16(20)15-11-18-7-10-21-15/h1-5,15,18H,6-11H2. The maximum Gasteiger partial charge on any atom is 0.253 e. The topological polar surface area (TPSA) is 41.6 Å². The molecule has 112 valence electrons. The van der Waals surface area contributed by atoms with E-state index in [9.17, 15) is 9.18 Å². The Bertz CT molecular complexity index is 536. The summed E-state index contributed by atoms with van der Waals surface area (Å²) in [4.78, 5) is 14.1. The molecule has 1 fully saturated rings. The number of hydrogen-bond acceptors (Lipinski definition) is 3. The number of amides is 1. The molecule has 0 radical (unpaired) electrons. The first-order valence-electron chi connectivity index (χ1n) is 7.30. The molecule has 0 bridgehead atoms. The summed E-state index contributed by atoms with van der Waals surface area (Å²) in [6, 6.07) is 6.50. The molecule has 1 amide bonds. The van der Waals surface area contributed by atoms with Crippen molar-refractivity contribution in [3.05, 3.63) is 41.7 Å². The summed E-state index contributed by atoms with van der Waals surface area (Å²) in [5.41, 5.74) is 2.20. The van der Waals surface area contributed by atoms with Crippen molar-refractivity contribution in [3.8, 4) is 0 Å². The summed E-state index contributed by atoms with van der Waals surface area (Å²) in [5, 5.41) is 3.17. The van der Waals surface area contributed by atoms with Crippen LogP contribution in [0.3, 0.4) is 0 Å². The Hall–Kier alpha value is -1.72. The van der Waals surface area contributed by atoms with Crippen LogP contribution in [0.15, 0.2) is 30.3 Å². The monoisotopic (exact) mass is 290 g/mol. The average Bonchev–Trinajstić information content (AvgIpc) is 2.56. The highest BCUT2D eigenvalue weighted by molar-refractivity contribution is 5.82. The number of benzene rings is 1. The van der Waals surface area contributed by atoms with Gasteiger partial charge in [-0.15, -0.1) is 0 Å². The fourth-order valence-corrected chi connectivity index (χ4v) is 2.72. The van der Waals surface area contributed by atoms with Gasteiger partial charge in [-0.3, -0.25) is 4.79 Å². The van der Waals surface area contributed by atoms with Gasteiger partial charge in [0, 0.05) is 26.2 Å². The Morgan fingerprint density at radius 2 is 2.14 bits per heavy atom. The van der Waals surface area contributed by atoms with Crippen molar-refractivity contribution in [2.45, 2.75) is 12.5 Å².